The van der Waals surface area contributed by atoms with Gasteiger partial charge in [-0.25, -0.2) is 0 Å². The van der Waals surface area contributed by atoms with Crippen molar-refractivity contribution in [3.63, 3.8) is 0 Å². The molecular formula is C17H19N3O3S2. The van der Waals surface area contributed by atoms with E-state index < -0.39 is 5.91 Å². The zero-order valence-corrected chi connectivity index (χ0v) is 15.1. The summed E-state index contributed by atoms with van der Waals surface area (Å²) in [6.45, 7) is 0.431. The van der Waals surface area contributed by atoms with Crippen LogP contribution in [0.4, 0.5) is 5.69 Å². The molecule has 8 heteroatoms. The van der Waals surface area contributed by atoms with Gasteiger partial charge in [0.05, 0.1) is 11.4 Å². The summed E-state index contributed by atoms with van der Waals surface area (Å²) in [5, 5.41) is 9.23. The van der Waals surface area contributed by atoms with Gasteiger partial charge < -0.3 is 16.4 Å². The van der Waals surface area contributed by atoms with E-state index in [1.165, 1.54) is 23.1 Å². The smallest absolute Gasteiger partial charge is 0.252 e. The molecule has 0 unspecified atom stereocenters. The fourth-order valence-electron chi connectivity index (χ4n) is 2.00. The Kier molecular flexibility index (Phi) is 7.49. The molecule has 0 saturated carbocycles. The highest BCUT2D eigenvalue weighted by atomic mass is 32.2. The Hall–Kier alpha value is -2.32. The van der Waals surface area contributed by atoms with E-state index in [0.717, 1.165) is 4.90 Å². The standard InChI is InChI=1S/C17H19N3O3S2/c18-15(21)11-25-14-5-2-1-4-13(14)20-16(22)6-3-8-19-17(23)12-7-9-24-10-12/h1-2,4-5,7,9-10H,3,6,8,11H2,(H2,18,21)(H,19,23)(H,20,22). The third-order valence-electron chi connectivity index (χ3n) is 3.18. The van der Waals surface area contributed by atoms with Gasteiger partial charge in [0.1, 0.15) is 0 Å². The number of amides is 3. The maximum atomic E-state index is 12.1. The Morgan fingerprint density at radius 3 is 2.68 bits per heavy atom. The Balaban J connectivity index is 1.75. The number of rotatable bonds is 9. The van der Waals surface area contributed by atoms with E-state index in [9.17, 15) is 14.4 Å². The van der Waals surface area contributed by atoms with Crippen LogP contribution < -0.4 is 16.4 Å². The van der Waals surface area contributed by atoms with Crippen LogP contribution in [-0.4, -0.2) is 30.0 Å². The highest BCUT2D eigenvalue weighted by Gasteiger charge is 2.09. The van der Waals surface area contributed by atoms with E-state index in [4.69, 9.17) is 5.73 Å². The minimum absolute atomic E-state index is 0.130. The van der Waals surface area contributed by atoms with Crippen molar-refractivity contribution in [2.75, 3.05) is 17.6 Å². The van der Waals surface area contributed by atoms with Crippen LogP contribution in [0.15, 0.2) is 46.0 Å². The summed E-state index contributed by atoms with van der Waals surface area (Å²) in [5.74, 6) is -0.527. The lowest BCUT2D eigenvalue weighted by atomic mass is 10.2. The molecule has 4 N–H and O–H groups in total. The molecule has 25 heavy (non-hydrogen) atoms. The molecule has 1 heterocycles. The molecule has 0 aliphatic carbocycles. The van der Waals surface area contributed by atoms with E-state index in [1.807, 2.05) is 23.6 Å². The van der Waals surface area contributed by atoms with Crippen molar-refractivity contribution in [2.45, 2.75) is 17.7 Å². The van der Waals surface area contributed by atoms with E-state index >= 15 is 0 Å². The molecule has 0 aliphatic rings. The second-order valence-electron chi connectivity index (χ2n) is 5.17. The summed E-state index contributed by atoms with van der Waals surface area (Å²) in [5.41, 5.74) is 6.44. The predicted octanol–water partition coefficient (Wildman–Crippen LogP) is 2.47. The molecule has 0 radical (unpaired) electrons. The minimum Gasteiger partial charge on any atom is -0.369 e. The number of benzene rings is 1. The molecule has 0 spiro atoms. The summed E-state index contributed by atoms with van der Waals surface area (Å²) in [4.78, 5) is 35.5. The van der Waals surface area contributed by atoms with Crippen LogP contribution in [0.25, 0.3) is 0 Å². The van der Waals surface area contributed by atoms with Gasteiger partial charge >= 0.3 is 0 Å². The van der Waals surface area contributed by atoms with Crippen molar-refractivity contribution in [1.82, 2.24) is 5.32 Å². The van der Waals surface area contributed by atoms with Crippen molar-refractivity contribution in [1.29, 1.82) is 0 Å². The monoisotopic (exact) mass is 377 g/mol. The van der Waals surface area contributed by atoms with E-state index in [0.29, 0.717) is 30.6 Å². The predicted molar refractivity (Wildman–Crippen MR) is 101 cm³/mol. The van der Waals surface area contributed by atoms with Gasteiger partial charge in [0, 0.05) is 28.8 Å². The topological polar surface area (TPSA) is 101 Å². The van der Waals surface area contributed by atoms with Crippen molar-refractivity contribution in [3.8, 4) is 0 Å². The van der Waals surface area contributed by atoms with Gasteiger partial charge in [-0.2, -0.15) is 11.3 Å². The molecule has 2 aromatic rings. The first kappa shape index (κ1) is 19.0. The number of carbonyl (C=O) groups excluding carboxylic acids is 3. The average molecular weight is 377 g/mol. The van der Waals surface area contributed by atoms with Crippen LogP contribution >= 0.6 is 23.1 Å². The molecule has 6 nitrogen and oxygen atoms in total. The molecule has 0 saturated heterocycles. The number of carbonyl (C=O) groups is 3. The highest BCUT2D eigenvalue weighted by molar-refractivity contribution is 8.00. The Bertz CT molecular complexity index is 732. The lowest BCUT2D eigenvalue weighted by Gasteiger charge is -2.10. The quantitative estimate of drug-likeness (QED) is 0.461. The van der Waals surface area contributed by atoms with Gasteiger partial charge in [-0.05, 0) is 30.0 Å². The van der Waals surface area contributed by atoms with Gasteiger partial charge in [0.2, 0.25) is 11.8 Å². The van der Waals surface area contributed by atoms with Crippen LogP contribution in [0.3, 0.4) is 0 Å². The molecule has 1 aromatic heterocycles. The molecule has 0 bridgehead atoms. The van der Waals surface area contributed by atoms with Crippen LogP contribution in [-0.2, 0) is 9.59 Å². The maximum absolute atomic E-state index is 12.1. The lowest BCUT2D eigenvalue weighted by Crippen LogP contribution is -2.25. The number of thiophene rings is 1. The first-order valence-electron chi connectivity index (χ1n) is 7.66. The van der Waals surface area contributed by atoms with E-state index in [1.54, 1.807) is 17.5 Å². The summed E-state index contributed by atoms with van der Waals surface area (Å²) in [6.07, 6.45) is 0.830. The van der Waals surface area contributed by atoms with Gasteiger partial charge in [-0.1, -0.05) is 12.1 Å². The third kappa shape index (κ3) is 6.60. The number of nitrogens with one attached hydrogen (secondary N) is 2. The highest BCUT2D eigenvalue weighted by Crippen LogP contribution is 2.26. The summed E-state index contributed by atoms with van der Waals surface area (Å²) >= 11 is 2.75. The number of hydrogen-bond donors (Lipinski definition) is 3. The molecule has 0 atom stereocenters. The second kappa shape index (κ2) is 9.85. The summed E-state index contributed by atoms with van der Waals surface area (Å²) in [7, 11) is 0. The fourth-order valence-corrected chi connectivity index (χ4v) is 3.39. The van der Waals surface area contributed by atoms with Gasteiger partial charge in [-0.15, -0.1) is 11.8 Å². The third-order valence-corrected chi connectivity index (χ3v) is 4.96. The molecule has 0 aliphatic heterocycles. The average Bonchev–Trinajstić information content (AvgIpc) is 3.12. The number of para-hydroxylation sites is 1. The summed E-state index contributed by atoms with van der Waals surface area (Å²) < 4.78 is 0. The Morgan fingerprint density at radius 2 is 1.96 bits per heavy atom. The summed E-state index contributed by atoms with van der Waals surface area (Å²) in [6, 6.07) is 9.00. The number of hydrogen-bond acceptors (Lipinski definition) is 5. The molecule has 0 fully saturated rings. The maximum Gasteiger partial charge on any atom is 0.252 e. The van der Waals surface area contributed by atoms with Crippen molar-refractivity contribution in [2.24, 2.45) is 5.73 Å². The largest absolute Gasteiger partial charge is 0.369 e. The number of thioether (sulfide) groups is 1. The van der Waals surface area contributed by atoms with Crippen LogP contribution in [0.1, 0.15) is 23.2 Å². The first-order valence-corrected chi connectivity index (χ1v) is 9.59. The zero-order valence-electron chi connectivity index (χ0n) is 13.5. The van der Waals surface area contributed by atoms with Crippen molar-refractivity contribution in [3.05, 3.63) is 46.7 Å². The van der Waals surface area contributed by atoms with Gasteiger partial charge in [0.15, 0.2) is 0 Å². The molecule has 3 amide bonds. The van der Waals surface area contributed by atoms with E-state index in [-0.39, 0.29) is 17.6 Å². The van der Waals surface area contributed by atoms with E-state index in [2.05, 4.69) is 10.6 Å². The molecule has 132 valence electrons. The minimum atomic E-state index is -0.410. The van der Waals surface area contributed by atoms with Crippen LogP contribution in [0.5, 0.6) is 0 Å². The fraction of sp³-hybridized carbons (Fsp3) is 0.235. The Morgan fingerprint density at radius 1 is 1.16 bits per heavy atom. The van der Waals surface area contributed by atoms with Crippen LogP contribution in [0.2, 0.25) is 0 Å². The number of primary amides is 1. The molecule has 1 aromatic carbocycles. The molecular weight excluding hydrogens is 358 g/mol. The zero-order chi connectivity index (χ0) is 18.1. The van der Waals surface area contributed by atoms with Crippen molar-refractivity contribution >= 4 is 46.5 Å². The second-order valence-corrected chi connectivity index (χ2v) is 6.97. The normalized spacial score (nSPS) is 10.2. The SMILES string of the molecule is NC(=O)CSc1ccccc1NC(=O)CCCNC(=O)c1ccsc1. The van der Waals surface area contributed by atoms with Gasteiger partial charge in [0.25, 0.3) is 5.91 Å². The number of anilines is 1. The number of nitrogens with two attached hydrogens (primary N) is 1. The van der Waals surface area contributed by atoms with Crippen molar-refractivity contribution < 1.29 is 14.4 Å². The Labute approximate surface area is 154 Å². The van der Waals surface area contributed by atoms with Gasteiger partial charge in [-0.3, -0.25) is 14.4 Å². The van der Waals surface area contributed by atoms with Crippen LogP contribution in [0, 0.1) is 0 Å². The first-order chi connectivity index (χ1) is 12.1. The lowest BCUT2D eigenvalue weighted by molar-refractivity contribution is -0.116. The molecule has 2 rings (SSSR count).